The second-order valence-electron chi connectivity index (χ2n) is 4.15. The molecule has 0 spiro atoms. The average Bonchev–Trinajstić information content (AvgIpc) is 2.91. The molecular weight excluding hydrogens is 325 g/mol. The normalized spacial score (nSPS) is 10.7. The van der Waals surface area contributed by atoms with Crippen LogP contribution in [0.25, 0.3) is 22.8 Å². The van der Waals surface area contributed by atoms with Crippen LogP contribution in [0, 0.1) is 5.82 Å². The van der Waals surface area contributed by atoms with Crippen molar-refractivity contribution in [3.63, 3.8) is 0 Å². The smallest absolute Gasteiger partial charge is 0.261 e. The van der Waals surface area contributed by atoms with Gasteiger partial charge in [-0.1, -0.05) is 23.4 Å². The fraction of sp³-hybridized carbons (Fsp3) is 0. The highest BCUT2D eigenvalue weighted by Gasteiger charge is 2.15. The Labute approximate surface area is 122 Å². The van der Waals surface area contributed by atoms with Crippen LogP contribution in [0.4, 0.5) is 10.1 Å². The molecule has 0 fully saturated rings. The Balaban J connectivity index is 2.04. The lowest BCUT2D eigenvalue weighted by Gasteiger charge is -1.98. The van der Waals surface area contributed by atoms with Gasteiger partial charge in [0.25, 0.3) is 5.89 Å². The van der Waals surface area contributed by atoms with Crippen molar-refractivity contribution in [3.05, 3.63) is 52.8 Å². The minimum atomic E-state index is -0.435. The van der Waals surface area contributed by atoms with E-state index >= 15 is 0 Å². The summed E-state index contributed by atoms with van der Waals surface area (Å²) < 4.78 is 19.4. The Morgan fingerprint density at radius 1 is 1.15 bits per heavy atom. The van der Waals surface area contributed by atoms with Gasteiger partial charge in [0, 0.05) is 11.3 Å². The van der Waals surface area contributed by atoms with Gasteiger partial charge in [-0.25, -0.2) is 4.39 Å². The summed E-state index contributed by atoms with van der Waals surface area (Å²) in [5, 5.41) is 3.85. The number of hydrogen-bond donors (Lipinski definition) is 1. The van der Waals surface area contributed by atoms with Gasteiger partial charge in [0.2, 0.25) is 5.82 Å². The van der Waals surface area contributed by atoms with Crippen LogP contribution in [0.1, 0.15) is 0 Å². The van der Waals surface area contributed by atoms with Crippen LogP contribution in [0.15, 0.2) is 51.5 Å². The number of benzene rings is 2. The third kappa shape index (κ3) is 2.30. The molecular formula is C14H9BrFN3O. The molecule has 2 aromatic carbocycles. The van der Waals surface area contributed by atoms with Gasteiger partial charge in [-0.2, -0.15) is 4.98 Å². The highest BCUT2D eigenvalue weighted by atomic mass is 79.9. The number of nitrogens with zero attached hydrogens (tertiary/aromatic N) is 2. The monoisotopic (exact) mass is 333 g/mol. The Hall–Kier alpha value is -2.21. The number of nitrogens with two attached hydrogens (primary N) is 1. The van der Waals surface area contributed by atoms with Crippen molar-refractivity contribution in [3.8, 4) is 22.8 Å². The zero-order valence-corrected chi connectivity index (χ0v) is 11.8. The minimum Gasteiger partial charge on any atom is -0.399 e. The lowest BCUT2D eigenvalue weighted by Crippen LogP contribution is -1.87. The lowest BCUT2D eigenvalue weighted by molar-refractivity contribution is 0.429. The van der Waals surface area contributed by atoms with E-state index in [0.29, 0.717) is 16.0 Å². The molecule has 0 bridgehead atoms. The zero-order chi connectivity index (χ0) is 14.1. The van der Waals surface area contributed by atoms with Crippen LogP contribution in [0.5, 0.6) is 0 Å². The van der Waals surface area contributed by atoms with Crippen LogP contribution < -0.4 is 5.73 Å². The van der Waals surface area contributed by atoms with Gasteiger partial charge >= 0.3 is 0 Å². The van der Waals surface area contributed by atoms with E-state index in [0.717, 1.165) is 5.56 Å². The topological polar surface area (TPSA) is 64.9 Å². The molecule has 0 saturated carbocycles. The fourth-order valence-electron chi connectivity index (χ4n) is 1.80. The first-order valence-corrected chi connectivity index (χ1v) is 6.58. The molecule has 0 unspecified atom stereocenters. The van der Waals surface area contributed by atoms with E-state index in [1.165, 1.54) is 0 Å². The third-order valence-electron chi connectivity index (χ3n) is 2.75. The van der Waals surface area contributed by atoms with Gasteiger partial charge in [-0.15, -0.1) is 0 Å². The summed E-state index contributed by atoms with van der Waals surface area (Å²) in [7, 11) is 0. The third-order valence-corrected chi connectivity index (χ3v) is 3.37. The Bertz CT molecular complexity index is 773. The van der Waals surface area contributed by atoms with Crippen molar-refractivity contribution in [2.24, 2.45) is 0 Å². The molecule has 0 radical (unpaired) electrons. The van der Waals surface area contributed by atoms with Gasteiger partial charge in [0.1, 0.15) is 5.82 Å². The molecule has 4 nitrogen and oxygen atoms in total. The van der Waals surface area contributed by atoms with Crippen molar-refractivity contribution >= 4 is 21.6 Å². The quantitative estimate of drug-likeness (QED) is 0.722. The van der Waals surface area contributed by atoms with Crippen LogP contribution in [-0.4, -0.2) is 10.1 Å². The average molecular weight is 334 g/mol. The van der Waals surface area contributed by atoms with E-state index in [4.69, 9.17) is 10.3 Å². The Kier molecular flexibility index (Phi) is 3.23. The second-order valence-corrected chi connectivity index (χ2v) is 5.00. The van der Waals surface area contributed by atoms with E-state index in [2.05, 4.69) is 26.1 Å². The van der Waals surface area contributed by atoms with Crippen molar-refractivity contribution in [1.29, 1.82) is 0 Å². The molecule has 0 aliphatic heterocycles. The summed E-state index contributed by atoms with van der Waals surface area (Å²) in [5.41, 5.74) is 7.27. The maximum absolute atomic E-state index is 14.0. The highest BCUT2D eigenvalue weighted by molar-refractivity contribution is 9.10. The van der Waals surface area contributed by atoms with Gasteiger partial charge in [0.15, 0.2) is 0 Å². The van der Waals surface area contributed by atoms with E-state index in [1.54, 1.807) is 36.4 Å². The van der Waals surface area contributed by atoms with E-state index < -0.39 is 5.82 Å². The molecule has 100 valence electrons. The summed E-state index contributed by atoms with van der Waals surface area (Å²) in [5.74, 6) is 0.0585. The summed E-state index contributed by atoms with van der Waals surface area (Å²) in [4.78, 5) is 4.20. The molecule has 1 heterocycles. The zero-order valence-electron chi connectivity index (χ0n) is 10.2. The highest BCUT2D eigenvalue weighted by Crippen LogP contribution is 2.28. The standard InChI is InChI=1S/C14H9BrFN3O/c15-11-6-2-5-10(12(11)16)14-18-13(19-20-14)8-3-1-4-9(17)7-8/h1-7H,17H2. The largest absolute Gasteiger partial charge is 0.399 e. The number of aromatic nitrogens is 2. The van der Waals surface area contributed by atoms with Gasteiger partial charge in [0.05, 0.1) is 10.0 Å². The first-order valence-electron chi connectivity index (χ1n) is 5.79. The molecule has 0 saturated heterocycles. The van der Waals surface area contributed by atoms with Crippen molar-refractivity contribution in [2.75, 3.05) is 5.73 Å². The number of rotatable bonds is 2. The molecule has 0 aliphatic carbocycles. The molecule has 1 aromatic heterocycles. The first-order chi connectivity index (χ1) is 9.65. The second kappa shape index (κ2) is 5.05. The van der Waals surface area contributed by atoms with Crippen molar-refractivity contribution in [1.82, 2.24) is 10.1 Å². The minimum absolute atomic E-state index is 0.126. The van der Waals surface area contributed by atoms with Crippen molar-refractivity contribution in [2.45, 2.75) is 0 Å². The molecule has 0 atom stereocenters. The van der Waals surface area contributed by atoms with Crippen LogP contribution in [-0.2, 0) is 0 Å². The molecule has 2 N–H and O–H groups in total. The number of halogens is 2. The van der Waals surface area contributed by atoms with E-state index in [1.807, 2.05) is 6.07 Å². The van der Waals surface area contributed by atoms with E-state index in [-0.39, 0.29) is 11.5 Å². The Morgan fingerprint density at radius 2 is 1.95 bits per heavy atom. The maximum atomic E-state index is 14.0. The molecule has 0 amide bonds. The Morgan fingerprint density at radius 3 is 2.75 bits per heavy atom. The van der Waals surface area contributed by atoms with Gasteiger partial charge < -0.3 is 10.3 Å². The molecule has 3 rings (SSSR count). The predicted octanol–water partition coefficient (Wildman–Crippen LogP) is 3.89. The van der Waals surface area contributed by atoms with Crippen LogP contribution >= 0.6 is 15.9 Å². The van der Waals surface area contributed by atoms with Crippen LogP contribution in [0.3, 0.4) is 0 Å². The SMILES string of the molecule is Nc1cccc(-c2noc(-c3cccc(Br)c3F)n2)c1. The van der Waals surface area contributed by atoms with Gasteiger partial charge in [-0.05, 0) is 40.2 Å². The number of anilines is 1. The summed E-state index contributed by atoms with van der Waals surface area (Å²) in [6.45, 7) is 0. The summed E-state index contributed by atoms with van der Waals surface area (Å²) >= 11 is 3.12. The maximum Gasteiger partial charge on any atom is 0.261 e. The fourth-order valence-corrected chi connectivity index (χ4v) is 2.16. The van der Waals surface area contributed by atoms with Crippen molar-refractivity contribution < 1.29 is 8.91 Å². The molecule has 20 heavy (non-hydrogen) atoms. The molecule has 3 aromatic rings. The molecule has 6 heteroatoms. The number of hydrogen-bond acceptors (Lipinski definition) is 4. The lowest BCUT2D eigenvalue weighted by atomic mass is 10.2. The first kappa shape index (κ1) is 12.8. The van der Waals surface area contributed by atoms with Gasteiger partial charge in [-0.3, -0.25) is 0 Å². The summed E-state index contributed by atoms with van der Waals surface area (Å²) in [6, 6.07) is 12.0. The van der Waals surface area contributed by atoms with E-state index in [9.17, 15) is 4.39 Å². The molecule has 0 aliphatic rings. The summed E-state index contributed by atoms with van der Waals surface area (Å²) in [6.07, 6.45) is 0. The van der Waals surface area contributed by atoms with Crippen LogP contribution in [0.2, 0.25) is 0 Å². The predicted molar refractivity (Wildman–Crippen MR) is 77.2 cm³/mol. The number of nitrogen functional groups attached to an aromatic ring is 1.